The van der Waals surface area contributed by atoms with Crippen LogP contribution in [0.25, 0.3) is 0 Å². The predicted molar refractivity (Wildman–Crippen MR) is 69.9 cm³/mol. The molecule has 3 nitrogen and oxygen atoms in total. The Labute approximate surface area is 112 Å². The smallest absolute Gasteiger partial charge is 0.336 e. The van der Waals surface area contributed by atoms with Crippen molar-refractivity contribution in [3.05, 3.63) is 65.5 Å². The van der Waals surface area contributed by atoms with Gasteiger partial charge in [0.15, 0.2) is 0 Å². The average Bonchev–Trinajstić information content (AvgIpc) is 2.41. The molecule has 19 heavy (non-hydrogen) atoms. The van der Waals surface area contributed by atoms with Crippen molar-refractivity contribution in [3.63, 3.8) is 0 Å². The molecule has 98 valence electrons. The molecule has 0 aromatic heterocycles. The summed E-state index contributed by atoms with van der Waals surface area (Å²) in [5.74, 6) is -1.31. The van der Waals surface area contributed by atoms with Crippen molar-refractivity contribution in [3.8, 4) is 0 Å². The quantitative estimate of drug-likeness (QED) is 0.935. The van der Waals surface area contributed by atoms with E-state index in [9.17, 15) is 13.4 Å². The first-order valence-corrected chi connectivity index (χ1v) is 6.85. The number of halogens is 1. The number of aromatic carboxylic acids is 1. The zero-order valence-electron chi connectivity index (χ0n) is 9.88. The van der Waals surface area contributed by atoms with E-state index >= 15 is 0 Å². The van der Waals surface area contributed by atoms with Gasteiger partial charge in [0, 0.05) is 0 Å². The van der Waals surface area contributed by atoms with Gasteiger partial charge in [-0.05, 0) is 29.8 Å². The molecule has 1 unspecified atom stereocenters. The van der Waals surface area contributed by atoms with Crippen LogP contribution in [0.4, 0.5) is 4.39 Å². The fourth-order valence-electron chi connectivity index (χ4n) is 1.65. The second-order valence-corrected chi connectivity index (χ2v) is 5.34. The van der Waals surface area contributed by atoms with Crippen molar-refractivity contribution in [2.75, 3.05) is 0 Å². The van der Waals surface area contributed by atoms with Crippen molar-refractivity contribution < 1.29 is 18.5 Å². The SMILES string of the molecule is O=C(O)c1ccccc1S(=O)Cc1ccc(F)cc1. The maximum absolute atomic E-state index is 12.8. The Morgan fingerprint density at radius 3 is 2.37 bits per heavy atom. The number of benzene rings is 2. The molecule has 2 aromatic carbocycles. The summed E-state index contributed by atoms with van der Waals surface area (Å²) in [7, 11) is -1.48. The molecule has 0 aliphatic heterocycles. The van der Waals surface area contributed by atoms with Crippen LogP contribution >= 0.6 is 0 Å². The molecule has 0 bridgehead atoms. The average molecular weight is 278 g/mol. The molecule has 0 radical (unpaired) electrons. The Bertz CT molecular complexity index is 623. The number of hydrogen-bond acceptors (Lipinski definition) is 2. The van der Waals surface area contributed by atoms with Gasteiger partial charge in [-0.2, -0.15) is 0 Å². The Morgan fingerprint density at radius 2 is 1.74 bits per heavy atom. The van der Waals surface area contributed by atoms with Crippen LogP contribution < -0.4 is 0 Å². The highest BCUT2D eigenvalue weighted by Crippen LogP contribution is 2.17. The van der Waals surface area contributed by atoms with Crippen LogP contribution in [0.5, 0.6) is 0 Å². The molecule has 1 N–H and O–H groups in total. The van der Waals surface area contributed by atoms with Crippen molar-refractivity contribution in [2.45, 2.75) is 10.6 Å². The number of rotatable bonds is 4. The highest BCUT2D eigenvalue weighted by molar-refractivity contribution is 7.84. The predicted octanol–water partition coefficient (Wildman–Crippen LogP) is 2.83. The van der Waals surface area contributed by atoms with E-state index in [1.165, 1.54) is 36.4 Å². The summed E-state index contributed by atoms with van der Waals surface area (Å²) in [5, 5.41) is 9.03. The van der Waals surface area contributed by atoms with Crippen LogP contribution in [0, 0.1) is 5.82 Å². The third kappa shape index (κ3) is 3.26. The third-order valence-electron chi connectivity index (χ3n) is 2.57. The summed E-state index contributed by atoms with van der Waals surface area (Å²) in [6, 6.07) is 11.8. The Balaban J connectivity index is 2.25. The second-order valence-electron chi connectivity index (χ2n) is 3.92. The molecule has 2 aromatic rings. The fraction of sp³-hybridized carbons (Fsp3) is 0.0714. The lowest BCUT2D eigenvalue weighted by Crippen LogP contribution is -2.05. The zero-order valence-corrected chi connectivity index (χ0v) is 10.7. The minimum Gasteiger partial charge on any atom is -0.478 e. The summed E-state index contributed by atoms with van der Waals surface area (Å²) in [6.45, 7) is 0. The molecule has 0 aliphatic carbocycles. The van der Waals surface area contributed by atoms with Gasteiger partial charge in [0.1, 0.15) is 5.82 Å². The first-order valence-electron chi connectivity index (χ1n) is 5.53. The van der Waals surface area contributed by atoms with Crippen LogP contribution in [0.3, 0.4) is 0 Å². The van der Waals surface area contributed by atoms with Crippen LogP contribution in [-0.4, -0.2) is 15.3 Å². The van der Waals surface area contributed by atoms with Gasteiger partial charge in [0.25, 0.3) is 0 Å². The molecular formula is C14H11FO3S. The lowest BCUT2D eigenvalue weighted by molar-refractivity contribution is 0.0693. The maximum Gasteiger partial charge on any atom is 0.336 e. The minimum absolute atomic E-state index is 0.0305. The van der Waals surface area contributed by atoms with Gasteiger partial charge >= 0.3 is 5.97 Å². The molecule has 0 saturated carbocycles. The molecule has 0 heterocycles. The van der Waals surface area contributed by atoms with E-state index in [4.69, 9.17) is 5.11 Å². The van der Waals surface area contributed by atoms with Crippen molar-refractivity contribution in [1.82, 2.24) is 0 Å². The van der Waals surface area contributed by atoms with Gasteiger partial charge in [-0.15, -0.1) is 0 Å². The summed E-state index contributed by atoms with van der Waals surface area (Å²) in [6.07, 6.45) is 0. The van der Waals surface area contributed by atoms with E-state index in [2.05, 4.69) is 0 Å². The fourth-order valence-corrected chi connectivity index (χ4v) is 2.93. The molecule has 0 spiro atoms. The molecule has 0 amide bonds. The van der Waals surface area contributed by atoms with Crippen LogP contribution in [-0.2, 0) is 16.6 Å². The van der Waals surface area contributed by atoms with E-state index in [0.717, 1.165) is 0 Å². The van der Waals surface area contributed by atoms with Gasteiger partial charge in [0.05, 0.1) is 27.0 Å². The zero-order chi connectivity index (χ0) is 13.8. The van der Waals surface area contributed by atoms with Crippen LogP contribution in [0.2, 0.25) is 0 Å². The Morgan fingerprint density at radius 1 is 1.11 bits per heavy atom. The lowest BCUT2D eigenvalue weighted by atomic mass is 10.2. The second kappa shape index (κ2) is 5.75. The standard InChI is InChI=1S/C14H11FO3S/c15-11-7-5-10(6-8-11)9-19(18)13-4-2-1-3-12(13)14(16)17/h1-8H,9H2,(H,16,17). The highest BCUT2D eigenvalue weighted by Gasteiger charge is 2.14. The van der Waals surface area contributed by atoms with E-state index in [-0.39, 0.29) is 22.0 Å². The maximum atomic E-state index is 12.8. The van der Waals surface area contributed by atoms with Crippen molar-refractivity contribution in [1.29, 1.82) is 0 Å². The third-order valence-corrected chi connectivity index (χ3v) is 4.02. The van der Waals surface area contributed by atoms with Crippen LogP contribution in [0.1, 0.15) is 15.9 Å². The van der Waals surface area contributed by atoms with E-state index in [1.54, 1.807) is 12.1 Å². The van der Waals surface area contributed by atoms with E-state index in [1.807, 2.05) is 0 Å². The topological polar surface area (TPSA) is 54.4 Å². The largest absolute Gasteiger partial charge is 0.478 e. The van der Waals surface area contributed by atoms with Crippen LogP contribution in [0.15, 0.2) is 53.4 Å². The first kappa shape index (κ1) is 13.4. The monoisotopic (exact) mass is 278 g/mol. The van der Waals surface area contributed by atoms with Crippen molar-refractivity contribution >= 4 is 16.8 Å². The molecule has 0 aliphatic rings. The highest BCUT2D eigenvalue weighted by atomic mass is 32.2. The summed E-state index contributed by atoms with van der Waals surface area (Å²) in [5.41, 5.74) is 0.725. The Kier molecular flexibility index (Phi) is 4.06. The molecule has 1 atom stereocenters. The van der Waals surface area contributed by atoms with Gasteiger partial charge in [0.2, 0.25) is 0 Å². The first-order chi connectivity index (χ1) is 9.08. The summed E-state index contributed by atoms with van der Waals surface area (Å²) < 4.78 is 24.9. The van der Waals surface area contributed by atoms with Gasteiger partial charge in [-0.1, -0.05) is 24.3 Å². The molecule has 0 fully saturated rings. The van der Waals surface area contributed by atoms with Gasteiger partial charge in [-0.25, -0.2) is 9.18 Å². The van der Waals surface area contributed by atoms with E-state index in [0.29, 0.717) is 5.56 Å². The van der Waals surface area contributed by atoms with Gasteiger partial charge < -0.3 is 5.11 Å². The lowest BCUT2D eigenvalue weighted by Gasteiger charge is -2.06. The minimum atomic E-state index is -1.48. The summed E-state index contributed by atoms with van der Waals surface area (Å²) in [4.78, 5) is 11.3. The number of carbonyl (C=O) groups is 1. The molecular weight excluding hydrogens is 267 g/mol. The molecule has 5 heteroatoms. The van der Waals surface area contributed by atoms with E-state index < -0.39 is 16.8 Å². The molecule has 0 saturated heterocycles. The summed E-state index contributed by atoms with van der Waals surface area (Å²) >= 11 is 0. The normalized spacial score (nSPS) is 12.1. The number of carboxylic acid groups (broad SMARTS) is 1. The van der Waals surface area contributed by atoms with Gasteiger partial charge in [-0.3, -0.25) is 4.21 Å². The molecule has 2 rings (SSSR count). The van der Waals surface area contributed by atoms with Crippen molar-refractivity contribution in [2.24, 2.45) is 0 Å². The number of carboxylic acids is 1. The Hall–Kier alpha value is -2.01. The number of hydrogen-bond donors (Lipinski definition) is 1.